The Kier molecular flexibility index (Phi) is 4.20. The van der Waals surface area contributed by atoms with Crippen LogP contribution < -0.4 is 0 Å². The molecular weight excluding hydrogens is 286 g/mol. The summed E-state index contributed by atoms with van der Waals surface area (Å²) in [6.07, 6.45) is 4.69. The minimum atomic E-state index is -1.06. The van der Waals surface area contributed by atoms with Crippen molar-refractivity contribution in [3.63, 3.8) is 0 Å². The van der Waals surface area contributed by atoms with E-state index in [4.69, 9.17) is 9.15 Å². The topological polar surface area (TPSA) is 80.0 Å². The molecule has 2 atom stereocenters. The Labute approximate surface area is 129 Å². The number of nitrogens with zero attached hydrogens (tertiary/aromatic N) is 1. The minimum absolute atomic E-state index is 0.0819. The SMILES string of the molecule is CCc1oc(C(=O)N2CCOC3CCCCC32)cc1C(=O)O. The van der Waals surface area contributed by atoms with Crippen LogP contribution in [0.4, 0.5) is 0 Å². The Morgan fingerprint density at radius 1 is 1.36 bits per heavy atom. The summed E-state index contributed by atoms with van der Waals surface area (Å²) in [5, 5.41) is 9.18. The number of carboxylic acids is 1. The summed E-state index contributed by atoms with van der Waals surface area (Å²) in [5.74, 6) is -0.802. The molecular formula is C16H21NO5. The van der Waals surface area contributed by atoms with E-state index >= 15 is 0 Å². The Bertz CT molecular complexity index is 577. The molecule has 0 bridgehead atoms. The van der Waals surface area contributed by atoms with E-state index in [9.17, 15) is 14.7 Å². The number of amides is 1. The monoisotopic (exact) mass is 307 g/mol. The Hall–Kier alpha value is -1.82. The van der Waals surface area contributed by atoms with Gasteiger partial charge in [-0.05, 0) is 12.8 Å². The van der Waals surface area contributed by atoms with Crippen molar-refractivity contribution in [3.8, 4) is 0 Å². The number of carboxylic acid groups (broad SMARTS) is 1. The van der Waals surface area contributed by atoms with Crippen LogP contribution in [0.1, 0.15) is 59.3 Å². The molecule has 1 N–H and O–H groups in total. The predicted octanol–water partition coefficient (Wildman–Crippen LogP) is 2.32. The van der Waals surface area contributed by atoms with Gasteiger partial charge in [0.1, 0.15) is 11.3 Å². The zero-order chi connectivity index (χ0) is 15.7. The van der Waals surface area contributed by atoms with Crippen molar-refractivity contribution in [3.05, 3.63) is 23.2 Å². The van der Waals surface area contributed by atoms with E-state index in [0.29, 0.717) is 25.3 Å². The molecule has 1 aromatic rings. The number of hydrogen-bond donors (Lipinski definition) is 1. The van der Waals surface area contributed by atoms with Crippen molar-refractivity contribution in [2.24, 2.45) is 0 Å². The van der Waals surface area contributed by atoms with Gasteiger partial charge in [-0.1, -0.05) is 19.8 Å². The lowest BCUT2D eigenvalue weighted by atomic mass is 9.90. The van der Waals surface area contributed by atoms with E-state index in [-0.39, 0.29) is 29.4 Å². The number of hydrogen-bond acceptors (Lipinski definition) is 4. The van der Waals surface area contributed by atoms with E-state index in [1.807, 2.05) is 6.92 Å². The largest absolute Gasteiger partial charge is 0.478 e. The van der Waals surface area contributed by atoms with Crippen LogP contribution >= 0.6 is 0 Å². The zero-order valence-corrected chi connectivity index (χ0v) is 12.7. The number of fused-ring (bicyclic) bond motifs is 1. The number of aryl methyl sites for hydroxylation is 1. The van der Waals surface area contributed by atoms with Gasteiger partial charge < -0.3 is 19.2 Å². The highest BCUT2D eigenvalue weighted by atomic mass is 16.5. The fourth-order valence-electron chi connectivity index (χ4n) is 3.47. The van der Waals surface area contributed by atoms with Crippen molar-refractivity contribution in [1.82, 2.24) is 4.90 Å². The molecule has 1 saturated carbocycles. The van der Waals surface area contributed by atoms with Crippen molar-refractivity contribution in [1.29, 1.82) is 0 Å². The van der Waals surface area contributed by atoms with Gasteiger partial charge in [0.25, 0.3) is 5.91 Å². The summed E-state index contributed by atoms with van der Waals surface area (Å²) < 4.78 is 11.3. The Morgan fingerprint density at radius 2 is 2.14 bits per heavy atom. The first-order valence-corrected chi connectivity index (χ1v) is 7.90. The van der Waals surface area contributed by atoms with Crippen molar-refractivity contribution < 1.29 is 23.8 Å². The van der Waals surface area contributed by atoms with E-state index in [1.54, 1.807) is 4.90 Å². The molecule has 2 heterocycles. The molecule has 1 aliphatic carbocycles. The molecule has 6 nitrogen and oxygen atoms in total. The number of carbonyl (C=O) groups is 2. The minimum Gasteiger partial charge on any atom is -0.478 e. The summed E-state index contributed by atoms with van der Waals surface area (Å²) in [5.41, 5.74) is 0.0827. The fraction of sp³-hybridized carbons (Fsp3) is 0.625. The van der Waals surface area contributed by atoms with Gasteiger partial charge in [-0.2, -0.15) is 0 Å². The molecule has 0 aromatic carbocycles. The van der Waals surface area contributed by atoms with Crippen LogP contribution in [0.15, 0.2) is 10.5 Å². The van der Waals surface area contributed by atoms with Gasteiger partial charge in [0.15, 0.2) is 5.76 Å². The summed E-state index contributed by atoms with van der Waals surface area (Å²) >= 11 is 0. The molecule has 1 amide bonds. The fourth-order valence-corrected chi connectivity index (χ4v) is 3.47. The molecule has 6 heteroatoms. The third kappa shape index (κ3) is 2.63. The third-order valence-corrected chi connectivity index (χ3v) is 4.56. The normalized spacial score (nSPS) is 24.9. The summed E-state index contributed by atoms with van der Waals surface area (Å²) in [7, 11) is 0. The molecule has 3 rings (SSSR count). The molecule has 1 aliphatic heterocycles. The molecule has 2 aliphatic rings. The van der Waals surface area contributed by atoms with Crippen LogP contribution in [-0.4, -0.2) is 47.2 Å². The van der Waals surface area contributed by atoms with Crippen LogP contribution in [0.3, 0.4) is 0 Å². The molecule has 1 aromatic heterocycles. The quantitative estimate of drug-likeness (QED) is 0.927. The van der Waals surface area contributed by atoms with Gasteiger partial charge in [-0.25, -0.2) is 4.79 Å². The smallest absolute Gasteiger partial charge is 0.339 e. The van der Waals surface area contributed by atoms with Gasteiger partial charge in [0.2, 0.25) is 0 Å². The average Bonchev–Trinajstić information content (AvgIpc) is 2.98. The Morgan fingerprint density at radius 3 is 2.82 bits per heavy atom. The second kappa shape index (κ2) is 6.12. The van der Waals surface area contributed by atoms with Gasteiger partial charge in [-0.15, -0.1) is 0 Å². The standard InChI is InChI=1S/C16H21NO5/c1-2-12-10(16(19)20)9-14(22-12)15(18)17-7-8-21-13-6-4-3-5-11(13)17/h9,11,13H,2-8H2,1H3,(H,19,20). The number of ether oxygens (including phenoxy) is 1. The first-order chi connectivity index (χ1) is 10.6. The van der Waals surface area contributed by atoms with Gasteiger partial charge in [0, 0.05) is 19.0 Å². The first kappa shape index (κ1) is 15.1. The highest BCUT2D eigenvalue weighted by molar-refractivity contribution is 5.96. The van der Waals surface area contributed by atoms with Gasteiger partial charge >= 0.3 is 5.97 Å². The number of rotatable bonds is 3. The van der Waals surface area contributed by atoms with E-state index in [0.717, 1.165) is 25.7 Å². The third-order valence-electron chi connectivity index (χ3n) is 4.56. The number of morpholine rings is 1. The van der Waals surface area contributed by atoms with Crippen molar-refractivity contribution in [2.45, 2.75) is 51.2 Å². The van der Waals surface area contributed by atoms with Crippen molar-refractivity contribution >= 4 is 11.9 Å². The second-order valence-corrected chi connectivity index (χ2v) is 5.87. The predicted molar refractivity (Wildman–Crippen MR) is 78.1 cm³/mol. The molecule has 2 fully saturated rings. The summed E-state index contributed by atoms with van der Waals surface area (Å²) in [6.45, 7) is 2.87. The molecule has 0 radical (unpaired) electrons. The second-order valence-electron chi connectivity index (χ2n) is 5.87. The van der Waals surface area contributed by atoms with Crippen LogP contribution in [0.5, 0.6) is 0 Å². The lowest BCUT2D eigenvalue weighted by Gasteiger charge is -2.43. The maximum atomic E-state index is 12.7. The number of furan rings is 1. The summed E-state index contributed by atoms with van der Waals surface area (Å²) in [6, 6.07) is 1.44. The van der Waals surface area contributed by atoms with Crippen LogP contribution in [-0.2, 0) is 11.2 Å². The summed E-state index contributed by atoms with van der Waals surface area (Å²) in [4.78, 5) is 25.8. The molecule has 120 valence electrons. The highest BCUT2D eigenvalue weighted by Crippen LogP contribution is 2.30. The van der Waals surface area contributed by atoms with Crippen molar-refractivity contribution in [2.75, 3.05) is 13.2 Å². The first-order valence-electron chi connectivity index (χ1n) is 7.90. The van der Waals surface area contributed by atoms with Crippen LogP contribution in [0.25, 0.3) is 0 Å². The number of aromatic carboxylic acids is 1. The van der Waals surface area contributed by atoms with E-state index < -0.39 is 5.97 Å². The average molecular weight is 307 g/mol. The molecule has 0 spiro atoms. The van der Waals surface area contributed by atoms with Crippen LogP contribution in [0.2, 0.25) is 0 Å². The molecule has 22 heavy (non-hydrogen) atoms. The zero-order valence-electron chi connectivity index (χ0n) is 12.7. The molecule has 2 unspecified atom stereocenters. The lowest BCUT2D eigenvalue weighted by Crippen LogP contribution is -2.54. The highest BCUT2D eigenvalue weighted by Gasteiger charge is 2.38. The van der Waals surface area contributed by atoms with Gasteiger partial charge in [-0.3, -0.25) is 4.79 Å². The maximum absolute atomic E-state index is 12.7. The molecule has 1 saturated heterocycles. The van der Waals surface area contributed by atoms with E-state index in [1.165, 1.54) is 6.07 Å². The number of carbonyl (C=O) groups excluding carboxylic acids is 1. The maximum Gasteiger partial charge on any atom is 0.339 e. The van der Waals surface area contributed by atoms with Gasteiger partial charge in [0.05, 0.1) is 18.8 Å². The van der Waals surface area contributed by atoms with Crippen LogP contribution in [0, 0.1) is 0 Å². The lowest BCUT2D eigenvalue weighted by molar-refractivity contribution is -0.0759. The Balaban J connectivity index is 1.85. The van der Waals surface area contributed by atoms with E-state index in [2.05, 4.69) is 0 Å².